The molecule has 90 valence electrons. The zero-order valence-electron chi connectivity index (χ0n) is 10.9. The first-order valence-corrected chi connectivity index (χ1v) is 5.81. The van der Waals surface area contributed by atoms with E-state index in [1.54, 1.807) is 7.11 Å². The van der Waals surface area contributed by atoms with Crippen LogP contribution in [0.1, 0.15) is 43.4 Å². The van der Waals surface area contributed by atoms with Gasteiger partial charge in [-0.15, -0.1) is 0 Å². The standard InChI is InChI=1S/C14H22O2/c1-6-9-14(4,15)12-8-7-10(2)11(3)13(12)16-5/h7-8,15H,6,9H2,1-5H3. The number of hydrogen-bond donors (Lipinski definition) is 1. The van der Waals surface area contributed by atoms with Gasteiger partial charge in [-0.2, -0.15) is 0 Å². The molecule has 1 aromatic carbocycles. The molecular weight excluding hydrogens is 200 g/mol. The number of methoxy groups -OCH3 is 1. The molecule has 1 rings (SSSR count). The van der Waals surface area contributed by atoms with E-state index in [-0.39, 0.29) is 0 Å². The summed E-state index contributed by atoms with van der Waals surface area (Å²) in [4.78, 5) is 0. The molecule has 0 saturated carbocycles. The average Bonchev–Trinajstić information content (AvgIpc) is 2.21. The van der Waals surface area contributed by atoms with Gasteiger partial charge in [0.25, 0.3) is 0 Å². The second-order valence-corrected chi connectivity index (χ2v) is 4.61. The van der Waals surface area contributed by atoms with E-state index in [0.717, 1.165) is 29.7 Å². The molecular formula is C14H22O2. The predicted octanol–water partition coefficient (Wildman–Crippen LogP) is 3.32. The van der Waals surface area contributed by atoms with E-state index in [4.69, 9.17) is 4.74 Å². The second kappa shape index (κ2) is 4.88. The maximum Gasteiger partial charge on any atom is 0.128 e. The Balaban J connectivity index is 3.28. The molecule has 1 N–H and O–H groups in total. The molecule has 0 aliphatic rings. The van der Waals surface area contributed by atoms with Gasteiger partial charge in [0.1, 0.15) is 5.75 Å². The van der Waals surface area contributed by atoms with Gasteiger partial charge < -0.3 is 9.84 Å². The lowest BCUT2D eigenvalue weighted by Crippen LogP contribution is -2.22. The fourth-order valence-electron chi connectivity index (χ4n) is 2.10. The van der Waals surface area contributed by atoms with Crippen LogP contribution in [0, 0.1) is 13.8 Å². The Morgan fingerprint density at radius 3 is 2.44 bits per heavy atom. The molecule has 2 heteroatoms. The Hall–Kier alpha value is -1.02. The van der Waals surface area contributed by atoms with E-state index in [9.17, 15) is 5.11 Å². The lowest BCUT2D eigenvalue weighted by molar-refractivity contribution is 0.0443. The first-order chi connectivity index (χ1) is 7.44. The van der Waals surface area contributed by atoms with Crippen LogP contribution >= 0.6 is 0 Å². The summed E-state index contributed by atoms with van der Waals surface area (Å²) in [6.07, 6.45) is 1.69. The lowest BCUT2D eigenvalue weighted by Gasteiger charge is -2.26. The van der Waals surface area contributed by atoms with Gasteiger partial charge in [0, 0.05) is 5.56 Å². The third-order valence-electron chi connectivity index (χ3n) is 3.20. The molecule has 0 radical (unpaired) electrons. The van der Waals surface area contributed by atoms with Gasteiger partial charge in [0.05, 0.1) is 12.7 Å². The minimum absolute atomic E-state index is 0.742. The Morgan fingerprint density at radius 2 is 1.94 bits per heavy atom. The van der Waals surface area contributed by atoms with Crippen LogP contribution in [0.3, 0.4) is 0 Å². The summed E-state index contributed by atoms with van der Waals surface area (Å²) in [5.74, 6) is 0.818. The predicted molar refractivity (Wildman–Crippen MR) is 66.9 cm³/mol. The SMILES string of the molecule is CCCC(C)(O)c1ccc(C)c(C)c1OC. The van der Waals surface area contributed by atoms with Gasteiger partial charge in [0.15, 0.2) is 0 Å². The summed E-state index contributed by atoms with van der Waals surface area (Å²) in [7, 11) is 1.66. The highest BCUT2D eigenvalue weighted by Crippen LogP contribution is 2.36. The first kappa shape index (κ1) is 13.0. The smallest absolute Gasteiger partial charge is 0.128 e. The molecule has 16 heavy (non-hydrogen) atoms. The summed E-state index contributed by atoms with van der Waals surface area (Å²) < 4.78 is 5.43. The van der Waals surface area contributed by atoms with Gasteiger partial charge in [-0.25, -0.2) is 0 Å². The van der Waals surface area contributed by atoms with Gasteiger partial charge in [-0.05, 0) is 38.3 Å². The van der Waals surface area contributed by atoms with Crippen LogP contribution < -0.4 is 4.74 Å². The normalized spacial score (nSPS) is 14.6. The number of aryl methyl sites for hydroxylation is 1. The summed E-state index contributed by atoms with van der Waals surface area (Å²) in [6, 6.07) is 4.01. The highest BCUT2D eigenvalue weighted by atomic mass is 16.5. The number of ether oxygens (including phenoxy) is 1. The maximum absolute atomic E-state index is 10.4. The number of benzene rings is 1. The Morgan fingerprint density at radius 1 is 1.31 bits per heavy atom. The third-order valence-corrected chi connectivity index (χ3v) is 3.20. The molecule has 0 aromatic heterocycles. The molecule has 0 heterocycles. The van der Waals surface area contributed by atoms with Crippen LogP contribution in [0.4, 0.5) is 0 Å². The second-order valence-electron chi connectivity index (χ2n) is 4.61. The largest absolute Gasteiger partial charge is 0.496 e. The Bertz CT molecular complexity index is 367. The number of aliphatic hydroxyl groups is 1. The maximum atomic E-state index is 10.4. The minimum Gasteiger partial charge on any atom is -0.496 e. The molecule has 1 unspecified atom stereocenters. The van der Waals surface area contributed by atoms with Crippen molar-refractivity contribution in [3.8, 4) is 5.75 Å². The molecule has 0 fully saturated rings. The fourth-order valence-corrected chi connectivity index (χ4v) is 2.10. The fraction of sp³-hybridized carbons (Fsp3) is 0.571. The zero-order valence-corrected chi connectivity index (χ0v) is 10.9. The van der Waals surface area contributed by atoms with E-state index < -0.39 is 5.60 Å². The van der Waals surface area contributed by atoms with Crippen molar-refractivity contribution in [2.75, 3.05) is 7.11 Å². The molecule has 1 atom stereocenters. The van der Waals surface area contributed by atoms with Crippen molar-refractivity contribution in [1.82, 2.24) is 0 Å². The molecule has 0 aliphatic heterocycles. The van der Waals surface area contributed by atoms with Crippen LogP contribution in [0.5, 0.6) is 5.75 Å². The summed E-state index contributed by atoms with van der Waals surface area (Å²) >= 11 is 0. The highest BCUT2D eigenvalue weighted by Gasteiger charge is 2.26. The average molecular weight is 222 g/mol. The van der Waals surface area contributed by atoms with Crippen LogP contribution in [0.2, 0.25) is 0 Å². The van der Waals surface area contributed by atoms with Crippen LogP contribution in [0.25, 0.3) is 0 Å². The van der Waals surface area contributed by atoms with E-state index in [2.05, 4.69) is 13.8 Å². The topological polar surface area (TPSA) is 29.5 Å². The van der Waals surface area contributed by atoms with Gasteiger partial charge >= 0.3 is 0 Å². The van der Waals surface area contributed by atoms with E-state index in [0.29, 0.717) is 0 Å². The Labute approximate surface area is 98.3 Å². The molecule has 0 saturated heterocycles. The molecule has 0 aliphatic carbocycles. The molecule has 0 spiro atoms. The monoisotopic (exact) mass is 222 g/mol. The van der Waals surface area contributed by atoms with Crippen molar-refractivity contribution >= 4 is 0 Å². The van der Waals surface area contributed by atoms with Crippen LogP contribution in [-0.4, -0.2) is 12.2 Å². The van der Waals surface area contributed by atoms with Crippen molar-refractivity contribution in [2.24, 2.45) is 0 Å². The van der Waals surface area contributed by atoms with Gasteiger partial charge in [-0.1, -0.05) is 25.5 Å². The van der Waals surface area contributed by atoms with Crippen LogP contribution in [0.15, 0.2) is 12.1 Å². The van der Waals surface area contributed by atoms with Crippen molar-refractivity contribution in [2.45, 2.75) is 46.1 Å². The molecule has 0 bridgehead atoms. The van der Waals surface area contributed by atoms with Crippen molar-refractivity contribution in [1.29, 1.82) is 0 Å². The summed E-state index contributed by atoms with van der Waals surface area (Å²) in [5.41, 5.74) is 2.38. The van der Waals surface area contributed by atoms with Crippen molar-refractivity contribution in [3.63, 3.8) is 0 Å². The Kier molecular flexibility index (Phi) is 3.98. The van der Waals surface area contributed by atoms with E-state index >= 15 is 0 Å². The van der Waals surface area contributed by atoms with Gasteiger partial charge in [-0.3, -0.25) is 0 Å². The molecule has 2 nitrogen and oxygen atoms in total. The van der Waals surface area contributed by atoms with E-state index in [1.165, 1.54) is 5.56 Å². The van der Waals surface area contributed by atoms with Crippen LogP contribution in [-0.2, 0) is 5.60 Å². The summed E-state index contributed by atoms with van der Waals surface area (Å²) in [5, 5.41) is 10.4. The zero-order chi connectivity index (χ0) is 12.3. The van der Waals surface area contributed by atoms with E-state index in [1.807, 2.05) is 26.0 Å². The number of rotatable bonds is 4. The molecule has 0 amide bonds. The van der Waals surface area contributed by atoms with Crippen molar-refractivity contribution < 1.29 is 9.84 Å². The third kappa shape index (κ3) is 2.38. The first-order valence-electron chi connectivity index (χ1n) is 5.81. The quantitative estimate of drug-likeness (QED) is 0.846. The minimum atomic E-state index is -0.807. The van der Waals surface area contributed by atoms with Gasteiger partial charge in [0.2, 0.25) is 0 Å². The van der Waals surface area contributed by atoms with Crippen molar-refractivity contribution in [3.05, 3.63) is 28.8 Å². The summed E-state index contributed by atoms with van der Waals surface area (Å²) in [6.45, 7) is 8.00. The number of hydrogen-bond acceptors (Lipinski definition) is 2. The molecule has 1 aromatic rings. The highest BCUT2D eigenvalue weighted by molar-refractivity contribution is 5.47. The lowest BCUT2D eigenvalue weighted by atomic mass is 9.88.